The van der Waals surface area contributed by atoms with Crippen LogP contribution in [0.3, 0.4) is 0 Å². The maximum atomic E-state index is 13.1. The van der Waals surface area contributed by atoms with Gasteiger partial charge in [-0.25, -0.2) is 9.59 Å². The maximum Gasteiger partial charge on any atom is 0.338 e. The maximum absolute atomic E-state index is 13.1. The van der Waals surface area contributed by atoms with Crippen LogP contribution in [0.5, 0.6) is 0 Å². The highest BCUT2D eigenvalue weighted by Crippen LogP contribution is 2.30. The monoisotopic (exact) mass is 494 g/mol. The zero-order chi connectivity index (χ0) is 24.9. The number of rotatable bonds is 7. The van der Waals surface area contributed by atoms with Crippen molar-refractivity contribution in [1.29, 1.82) is 0 Å². The van der Waals surface area contributed by atoms with Gasteiger partial charge in [0.2, 0.25) is 0 Å². The first-order valence-corrected chi connectivity index (χ1v) is 13.3. The quantitative estimate of drug-likeness (QED) is 0.448. The largest absolute Gasteiger partial charge is 0.463 e. The van der Waals surface area contributed by atoms with Crippen molar-refractivity contribution in [3.05, 3.63) is 70.4 Å². The van der Waals surface area contributed by atoms with Crippen molar-refractivity contribution in [2.24, 2.45) is 0 Å². The molecule has 186 valence electrons. The van der Waals surface area contributed by atoms with E-state index in [1.807, 2.05) is 30.5 Å². The van der Waals surface area contributed by atoms with Gasteiger partial charge in [-0.15, -0.1) is 11.8 Å². The molecule has 0 radical (unpaired) electrons. The Labute approximate surface area is 211 Å². The standard InChI is InChI=1S/C27H34N4O3S/c1-5-34-26(32)24-22(28-27(33)29-25(24)20-7-9-21(35-4)10-8-20)17-30-12-14-31(15-13-30)23-11-6-18(2)16-19(23)3/h6-11,16,25H,5,12-15,17H2,1-4H3,(H2,28,29,33)/t25-/m0/s1. The molecule has 8 heteroatoms. The van der Waals surface area contributed by atoms with Crippen LogP contribution >= 0.6 is 11.8 Å². The molecule has 2 heterocycles. The number of amides is 2. The Hall–Kier alpha value is -2.97. The molecule has 35 heavy (non-hydrogen) atoms. The predicted octanol–water partition coefficient (Wildman–Crippen LogP) is 4.02. The Bertz CT molecular complexity index is 1110. The summed E-state index contributed by atoms with van der Waals surface area (Å²) in [7, 11) is 0. The Morgan fingerprint density at radius 1 is 1.09 bits per heavy atom. The molecule has 0 aromatic heterocycles. The molecule has 2 amide bonds. The number of benzene rings is 2. The molecule has 1 saturated heterocycles. The molecule has 0 bridgehead atoms. The first kappa shape index (κ1) is 25.1. The number of esters is 1. The molecule has 1 atom stereocenters. The fourth-order valence-corrected chi connectivity index (χ4v) is 5.18. The number of hydrogen-bond acceptors (Lipinski definition) is 6. The number of piperazine rings is 1. The van der Waals surface area contributed by atoms with Crippen LogP contribution in [0, 0.1) is 13.8 Å². The molecule has 2 aliphatic rings. The van der Waals surface area contributed by atoms with Crippen LogP contribution in [-0.2, 0) is 9.53 Å². The average molecular weight is 495 g/mol. The lowest BCUT2D eigenvalue weighted by Gasteiger charge is -2.38. The number of aryl methyl sites for hydroxylation is 2. The number of urea groups is 1. The Kier molecular flexibility index (Phi) is 8.03. The van der Waals surface area contributed by atoms with Gasteiger partial charge in [0, 0.05) is 49.0 Å². The van der Waals surface area contributed by atoms with Gasteiger partial charge in [0.15, 0.2) is 0 Å². The number of nitrogens with zero attached hydrogens (tertiary/aromatic N) is 2. The van der Waals surface area contributed by atoms with Crippen molar-refractivity contribution >= 4 is 29.4 Å². The molecular formula is C27H34N4O3S. The van der Waals surface area contributed by atoms with E-state index in [1.165, 1.54) is 16.8 Å². The summed E-state index contributed by atoms with van der Waals surface area (Å²) in [5.41, 5.74) is 5.77. The molecular weight excluding hydrogens is 460 g/mol. The van der Waals surface area contributed by atoms with Crippen LogP contribution in [0.15, 0.2) is 58.6 Å². The van der Waals surface area contributed by atoms with Gasteiger partial charge in [-0.2, -0.15) is 0 Å². The highest BCUT2D eigenvalue weighted by molar-refractivity contribution is 7.98. The van der Waals surface area contributed by atoms with E-state index in [1.54, 1.807) is 18.7 Å². The molecule has 2 aromatic rings. The number of anilines is 1. The minimum Gasteiger partial charge on any atom is -0.463 e. The van der Waals surface area contributed by atoms with Gasteiger partial charge in [0.05, 0.1) is 18.2 Å². The summed E-state index contributed by atoms with van der Waals surface area (Å²) in [6.07, 6.45) is 2.02. The summed E-state index contributed by atoms with van der Waals surface area (Å²) >= 11 is 1.65. The number of hydrogen-bond donors (Lipinski definition) is 2. The number of thioether (sulfide) groups is 1. The summed E-state index contributed by atoms with van der Waals surface area (Å²) < 4.78 is 5.41. The number of carbonyl (C=O) groups is 2. The molecule has 4 rings (SSSR count). The van der Waals surface area contributed by atoms with E-state index < -0.39 is 12.0 Å². The number of ether oxygens (including phenoxy) is 1. The highest BCUT2D eigenvalue weighted by Gasteiger charge is 2.34. The van der Waals surface area contributed by atoms with E-state index in [4.69, 9.17) is 4.74 Å². The number of nitrogens with one attached hydrogen (secondary N) is 2. The second-order valence-corrected chi connectivity index (χ2v) is 9.85. The van der Waals surface area contributed by atoms with E-state index in [0.717, 1.165) is 36.6 Å². The summed E-state index contributed by atoms with van der Waals surface area (Å²) in [6, 6.07) is 13.6. The molecule has 0 unspecified atom stereocenters. The molecule has 2 aromatic carbocycles. The SMILES string of the molecule is CCOC(=O)C1=C(CN2CCN(c3ccc(C)cc3C)CC2)NC(=O)N[C@H]1c1ccc(SC)cc1. The van der Waals surface area contributed by atoms with Gasteiger partial charge in [-0.3, -0.25) is 4.90 Å². The molecule has 2 aliphatic heterocycles. The predicted molar refractivity (Wildman–Crippen MR) is 141 cm³/mol. The van der Waals surface area contributed by atoms with E-state index in [9.17, 15) is 9.59 Å². The van der Waals surface area contributed by atoms with Gasteiger partial charge in [-0.1, -0.05) is 29.8 Å². The first-order chi connectivity index (χ1) is 16.9. The number of carbonyl (C=O) groups excluding carboxylic acids is 2. The van der Waals surface area contributed by atoms with Crippen molar-refractivity contribution < 1.29 is 14.3 Å². The van der Waals surface area contributed by atoms with Crippen molar-refractivity contribution in [1.82, 2.24) is 15.5 Å². The average Bonchev–Trinajstić information content (AvgIpc) is 2.84. The molecule has 1 fully saturated rings. The van der Waals surface area contributed by atoms with Crippen LogP contribution in [0.4, 0.5) is 10.5 Å². The van der Waals surface area contributed by atoms with Gasteiger partial charge in [-0.05, 0) is 56.4 Å². The van der Waals surface area contributed by atoms with E-state index in [2.05, 4.69) is 52.5 Å². The van der Waals surface area contributed by atoms with Gasteiger partial charge >= 0.3 is 12.0 Å². The second kappa shape index (κ2) is 11.2. The Morgan fingerprint density at radius 3 is 2.43 bits per heavy atom. The van der Waals surface area contributed by atoms with Crippen LogP contribution < -0.4 is 15.5 Å². The third kappa shape index (κ3) is 5.82. The van der Waals surface area contributed by atoms with E-state index >= 15 is 0 Å². The minimum absolute atomic E-state index is 0.274. The summed E-state index contributed by atoms with van der Waals surface area (Å²) in [6.45, 7) is 10.3. The lowest BCUT2D eigenvalue weighted by molar-refractivity contribution is -0.139. The van der Waals surface area contributed by atoms with Crippen molar-refractivity contribution in [2.75, 3.05) is 50.5 Å². The normalized spacial score (nSPS) is 18.8. The Balaban J connectivity index is 1.55. The van der Waals surface area contributed by atoms with Crippen LogP contribution in [0.1, 0.15) is 29.7 Å². The Morgan fingerprint density at radius 2 is 1.80 bits per heavy atom. The van der Waals surface area contributed by atoms with E-state index in [-0.39, 0.29) is 12.6 Å². The third-order valence-corrected chi connectivity index (χ3v) is 7.29. The summed E-state index contributed by atoms with van der Waals surface area (Å²) in [4.78, 5) is 31.5. The third-order valence-electron chi connectivity index (χ3n) is 6.55. The van der Waals surface area contributed by atoms with Gasteiger partial charge < -0.3 is 20.3 Å². The van der Waals surface area contributed by atoms with Crippen LogP contribution in [-0.4, -0.2) is 62.5 Å². The minimum atomic E-state index is -0.551. The fraction of sp³-hybridized carbons (Fsp3) is 0.407. The molecule has 0 saturated carbocycles. The molecule has 7 nitrogen and oxygen atoms in total. The smallest absolute Gasteiger partial charge is 0.338 e. The molecule has 0 aliphatic carbocycles. The van der Waals surface area contributed by atoms with Crippen LogP contribution in [0.2, 0.25) is 0 Å². The topological polar surface area (TPSA) is 73.9 Å². The lowest BCUT2D eigenvalue weighted by atomic mass is 9.95. The first-order valence-electron chi connectivity index (χ1n) is 12.1. The van der Waals surface area contributed by atoms with Crippen molar-refractivity contribution in [3.63, 3.8) is 0 Å². The fourth-order valence-electron chi connectivity index (χ4n) is 4.77. The summed E-state index contributed by atoms with van der Waals surface area (Å²) in [5.74, 6) is -0.400. The lowest BCUT2D eigenvalue weighted by Crippen LogP contribution is -2.52. The summed E-state index contributed by atoms with van der Waals surface area (Å²) in [5, 5.41) is 5.83. The highest BCUT2D eigenvalue weighted by atomic mass is 32.2. The van der Waals surface area contributed by atoms with Gasteiger partial charge in [0.25, 0.3) is 0 Å². The van der Waals surface area contributed by atoms with Crippen LogP contribution in [0.25, 0.3) is 0 Å². The van der Waals surface area contributed by atoms with Crippen molar-refractivity contribution in [2.45, 2.75) is 31.7 Å². The molecule has 2 N–H and O–H groups in total. The van der Waals surface area contributed by atoms with Crippen molar-refractivity contribution in [3.8, 4) is 0 Å². The zero-order valence-electron chi connectivity index (χ0n) is 20.9. The molecule has 0 spiro atoms. The van der Waals surface area contributed by atoms with Gasteiger partial charge in [0.1, 0.15) is 0 Å². The zero-order valence-corrected chi connectivity index (χ0v) is 21.7. The second-order valence-electron chi connectivity index (χ2n) is 8.97. The van der Waals surface area contributed by atoms with E-state index in [0.29, 0.717) is 17.8 Å².